The Bertz CT molecular complexity index is 1510. The fourth-order valence-electron chi connectivity index (χ4n) is 7.13. The van der Waals surface area contributed by atoms with Gasteiger partial charge in [0.05, 0.1) is 4.90 Å². The maximum atomic E-state index is 13.1. The molecule has 10 heteroatoms. The fraction of sp³-hybridized carbons (Fsp3) is 0.516. The summed E-state index contributed by atoms with van der Waals surface area (Å²) in [6.45, 7) is 4.39. The van der Waals surface area contributed by atoms with E-state index in [1.165, 1.54) is 5.56 Å². The van der Waals surface area contributed by atoms with Crippen LogP contribution in [0.2, 0.25) is 0 Å². The number of hydrogen-bond donors (Lipinski definition) is 1. The van der Waals surface area contributed by atoms with E-state index in [-0.39, 0.29) is 29.6 Å². The van der Waals surface area contributed by atoms with Gasteiger partial charge in [-0.15, -0.1) is 0 Å². The topological polar surface area (TPSA) is 107 Å². The summed E-state index contributed by atoms with van der Waals surface area (Å²) in [4.78, 5) is 41.3. The third kappa shape index (κ3) is 5.00. The highest BCUT2D eigenvalue weighted by Gasteiger charge is 2.50. The van der Waals surface area contributed by atoms with Crippen LogP contribution >= 0.6 is 0 Å². The number of nitrogens with zero attached hydrogens (tertiary/aromatic N) is 3. The summed E-state index contributed by atoms with van der Waals surface area (Å²) >= 11 is 0. The highest BCUT2D eigenvalue weighted by Crippen LogP contribution is 2.53. The Balaban J connectivity index is 0.943. The Labute approximate surface area is 240 Å². The second kappa shape index (κ2) is 10.0. The summed E-state index contributed by atoms with van der Waals surface area (Å²) in [6, 6.07) is 12.9. The standard InChI is InChI=1S/C31H36N4O5S/c36-28-8-7-27(29(37)32-28)35-19-24-17-23(3-6-26(24)30(35)38)22-9-14-33(15-10-22)18-21-1-4-25(5-2-21)41(39,40)34-16-13-31(20-34)11-12-31/h1-6,17,22,27H,7-16,18-20H2,(H,32,36,37). The molecule has 4 fully saturated rings. The summed E-state index contributed by atoms with van der Waals surface area (Å²) in [7, 11) is -3.42. The van der Waals surface area contributed by atoms with Crippen molar-refractivity contribution < 1.29 is 22.8 Å². The first-order valence-electron chi connectivity index (χ1n) is 14.8. The quantitative estimate of drug-likeness (QED) is 0.530. The molecule has 1 unspecified atom stereocenters. The first-order valence-corrected chi connectivity index (χ1v) is 16.2. The van der Waals surface area contributed by atoms with Crippen molar-refractivity contribution >= 4 is 27.7 Å². The van der Waals surface area contributed by atoms with E-state index in [1.54, 1.807) is 21.3 Å². The monoisotopic (exact) mass is 576 g/mol. The molecule has 1 spiro atoms. The van der Waals surface area contributed by atoms with Crippen LogP contribution in [0.5, 0.6) is 0 Å². The van der Waals surface area contributed by atoms with Crippen LogP contribution in [0.25, 0.3) is 0 Å². The molecule has 1 aliphatic carbocycles. The van der Waals surface area contributed by atoms with Crippen molar-refractivity contribution in [3.05, 3.63) is 64.7 Å². The molecule has 0 aromatic heterocycles. The summed E-state index contributed by atoms with van der Waals surface area (Å²) < 4.78 is 27.9. The van der Waals surface area contributed by atoms with Gasteiger partial charge in [0.25, 0.3) is 5.91 Å². The number of nitrogens with one attached hydrogen (secondary N) is 1. The van der Waals surface area contributed by atoms with Crippen molar-refractivity contribution in [1.82, 2.24) is 19.4 Å². The average molecular weight is 577 g/mol. The van der Waals surface area contributed by atoms with E-state index in [1.807, 2.05) is 18.2 Å². The number of carbonyl (C=O) groups excluding carboxylic acids is 3. The zero-order chi connectivity index (χ0) is 28.4. The van der Waals surface area contributed by atoms with E-state index in [0.717, 1.165) is 62.9 Å². The summed E-state index contributed by atoms with van der Waals surface area (Å²) in [6.07, 6.45) is 5.94. The fourth-order valence-corrected chi connectivity index (χ4v) is 8.68. The molecule has 41 heavy (non-hydrogen) atoms. The average Bonchev–Trinajstić information content (AvgIpc) is 3.46. The van der Waals surface area contributed by atoms with E-state index in [9.17, 15) is 22.8 Å². The molecule has 3 saturated heterocycles. The Morgan fingerprint density at radius 1 is 0.902 bits per heavy atom. The van der Waals surface area contributed by atoms with Crippen molar-refractivity contribution in [3.8, 4) is 0 Å². The van der Waals surface area contributed by atoms with Gasteiger partial charge in [-0.25, -0.2) is 8.42 Å². The maximum absolute atomic E-state index is 13.1. The number of piperidine rings is 2. The molecule has 9 nitrogen and oxygen atoms in total. The molecule has 0 bridgehead atoms. The van der Waals surface area contributed by atoms with Crippen LogP contribution in [-0.2, 0) is 32.7 Å². The van der Waals surface area contributed by atoms with Crippen LogP contribution in [0, 0.1) is 5.41 Å². The predicted octanol–water partition coefficient (Wildman–Crippen LogP) is 3.00. The van der Waals surface area contributed by atoms with Crippen LogP contribution in [0.15, 0.2) is 47.4 Å². The van der Waals surface area contributed by atoms with Crippen LogP contribution in [0.3, 0.4) is 0 Å². The van der Waals surface area contributed by atoms with Crippen molar-refractivity contribution in [3.63, 3.8) is 0 Å². The Morgan fingerprint density at radius 2 is 1.66 bits per heavy atom. The number of rotatable bonds is 6. The van der Waals surface area contributed by atoms with Crippen molar-refractivity contribution in [2.45, 2.75) is 74.9 Å². The Kier molecular flexibility index (Phi) is 6.55. The molecule has 7 rings (SSSR count). The molecule has 1 atom stereocenters. The third-order valence-electron chi connectivity index (χ3n) is 9.93. The third-order valence-corrected chi connectivity index (χ3v) is 11.8. The predicted molar refractivity (Wildman–Crippen MR) is 151 cm³/mol. The molecular weight excluding hydrogens is 540 g/mol. The van der Waals surface area contributed by atoms with Gasteiger partial charge in [-0.3, -0.25) is 24.6 Å². The number of fused-ring (bicyclic) bond motifs is 1. The Hall–Kier alpha value is -3.08. The van der Waals surface area contributed by atoms with Gasteiger partial charge >= 0.3 is 0 Å². The largest absolute Gasteiger partial charge is 0.322 e. The van der Waals surface area contributed by atoms with Gasteiger partial charge in [0, 0.05) is 38.2 Å². The lowest BCUT2D eigenvalue weighted by atomic mass is 9.87. The molecule has 2 aromatic carbocycles. The minimum atomic E-state index is -3.42. The molecule has 2 aromatic rings. The van der Waals surface area contributed by atoms with Gasteiger partial charge in [-0.2, -0.15) is 4.31 Å². The first kappa shape index (κ1) is 26.8. The molecule has 1 N–H and O–H groups in total. The molecule has 4 heterocycles. The molecule has 216 valence electrons. The summed E-state index contributed by atoms with van der Waals surface area (Å²) in [5.41, 5.74) is 4.22. The molecule has 3 amide bonds. The normalized spacial score (nSPS) is 25.1. The lowest BCUT2D eigenvalue weighted by Crippen LogP contribution is -2.52. The zero-order valence-corrected chi connectivity index (χ0v) is 24.0. The number of hydrogen-bond acceptors (Lipinski definition) is 6. The van der Waals surface area contributed by atoms with E-state index >= 15 is 0 Å². The first-order chi connectivity index (χ1) is 19.7. The molecule has 5 aliphatic rings. The number of sulfonamides is 1. The van der Waals surface area contributed by atoms with E-state index in [0.29, 0.717) is 42.4 Å². The van der Waals surface area contributed by atoms with Crippen molar-refractivity contribution in [2.75, 3.05) is 26.2 Å². The molecular formula is C31H36N4O5S. The van der Waals surface area contributed by atoms with Crippen LogP contribution in [-0.4, -0.2) is 72.5 Å². The SMILES string of the molecule is O=C1CCC(N2Cc3cc(C4CCN(Cc5ccc(S(=O)(=O)N6CCC7(CC7)C6)cc5)CC4)ccc3C2=O)C(=O)N1. The zero-order valence-electron chi connectivity index (χ0n) is 23.2. The van der Waals surface area contributed by atoms with Gasteiger partial charge in [0.1, 0.15) is 6.04 Å². The van der Waals surface area contributed by atoms with E-state index in [2.05, 4.69) is 22.3 Å². The highest BCUT2D eigenvalue weighted by molar-refractivity contribution is 7.89. The lowest BCUT2D eigenvalue weighted by Gasteiger charge is -2.32. The minimum Gasteiger partial charge on any atom is -0.322 e. The highest BCUT2D eigenvalue weighted by atomic mass is 32.2. The van der Waals surface area contributed by atoms with Crippen LogP contribution < -0.4 is 5.32 Å². The smallest absolute Gasteiger partial charge is 0.255 e. The van der Waals surface area contributed by atoms with E-state index in [4.69, 9.17) is 0 Å². The van der Waals surface area contributed by atoms with E-state index < -0.39 is 16.1 Å². The summed E-state index contributed by atoms with van der Waals surface area (Å²) in [5.74, 6) is -0.400. The molecule has 1 saturated carbocycles. The van der Waals surface area contributed by atoms with Crippen LogP contribution in [0.1, 0.15) is 77.9 Å². The van der Waals surface area contributed by atoms with Gasteiger partial charge in [-0.1, -0.05) is 24.3 Å². The lowest BCUT2D eigenvalue weighted by molar-refractivity contribution is -0.136. The van der Waals surface area contributed by atoms with Gasteiger partial charge in [-0.05, 0) is 97.8 Å². The minimum absolute atomic E-state index is 0.137. The van der Waals surface area contributed by atoms with Gasteiger partial charge in [0.2, 0.25) is 21.8 Å². The van der Waals surface area contributed by atoms with Gasteiger partial charge in [0.15, 0.2) is 0 Å². The Morgan fingerprint density at radius 3 is 2.34 bits per heavy atom. The molecule has 0 radical (unpaired) electrons. The number of carbonyl (C=O) groups is 3. The van der Waals surface area contributed by atoms with Crippen molar-refractivity contribution in [1.29, 1.82) is 0 Å². The number of imide groups is 1. The van der Waals surface area contributed by atoms with Crippen molar-refractivity contribution in [2.24, 2.45) is 5.41 Å². The molecule has 4 aliphatic heterocycles. The second-order valence-corrected chi connectivity index (χ2v) is 14.5. The number of amides is 3. The van der Waals surface area contributed by atoms with Crippen LogP contribution in [0.4, 0.5) is 0 Å². The summed E-state index contributed by atoms with van der Waals surface area (Å²) in [5, 5.41) is 2.36. The van der Waals surface area contributed by atoms with Gasteiger partial charge < -0.3 is 4.90 Å². The number of benzene rings is 2. The number of likely N-dealkylation sites (tertiary alicyclic amines) is 1. The second-order valence-electron chi connectivity index (χ2n) is 12.6. The maximum Gasteiger partial charge on any atom is 0.255 e.